The van der Waals surface area contributed by atoms with Crippen LogP contribution in [0.4, 0.5) is 13.2 Å². The largest absolute Gasteiger partial charge is 0.465 e. The summed E-state index contributed by atoms with van der Waals surface area (Å²) in [6.07, 6.45) is -3.25. The molecule has 0 spiro atoms. The Morgan fingerprint density at radius 2 is 2.12 bits per heavy atom. The first kappa shape index (κ1) is 11.4. The number of nitrogens with zero attached hydrogens (tertiary/aromatic N) is 1. The molecule has 0 saturated carbocycles. The number of nitrogens with one attached hydrogen (secondary N) is 1. The maximum Gasteiger partial charge on any atom is 0.416 e. The monoisotopic (exact) mass is 244 g/mol. The van der Waals surface area contributed by atoms with E-state index in [1.807, 2.05) is 0 Å². The van der Waals surface area contributed by atoms with Gasteiger partial charge in [0.1, 0.15) is 0 Å². The van der Waals surface area contributed by atoms with Crippen LogP contribution in [0.2, 0.25) is 0 Å². The number of carbonyl (C=O) groups excluding carboxylic acids is 1. The highest BCUT2D eigenvalue weighted by molar-refractivity contribution is 6.03. The Hall–Kier alpha value is -2.05. The zero-order chi connectivity index (χ0) is 12.6. The molecule has 0 amide bonds. The van der Waals surface area contributed by atoms with Gasteiger partial charge in [0, 0.05) is 5.39 Å². The van der Waals surface area contributed by atoms with Gasteiger partial charge in [-0.05, 0) is 12.1 Å². The molecule has 17 heavy (non-hydrogen) atoms. The van der Waals surface area contributed by atoms with Crippen LogP contribution in [-0.4, -0.2) is 23.3 Å². The van der Waals surface area contributed by atoms with Crippen molar-refractivity contribution in [1.82, 2.24) is 10.2 Å². The molecule has 0 aliphatic heterocycles. The smallest absolute Gasteiger partial charge is 0.416 e. The van der Waals surface area contributed by atoms with Gasteiger partial charge in [-0.25, -0.2) is 4.79 Å². The molecule has 0 aliphatic rings. The van der Waals surface area contributed by atoms with Crippen LogP contribution in [0.1, 0.15) is 15.9 Å². The van der Waals surface area contributed by atoms with Crippen LogP contribution >= 0.6 is 0 Å². The Morgan fingerprint density at radius 3 is 2.71 bits per heavy atom. The number of ether oxygens (including phenoxy) is 1. The predicted octanol–water partition coefficient (Wildman–Crippen LogP) is 2.37. The molecule has 0 fully saturated rings. The highest BCUT2D eigenvalue weighted by Crippen LogP contribution is 2.32. The van der Waals surface area contributed by atoms with Crippen LogP contribution in [-0.2, 0) is 10.9 Å². The first-order valence-electron chi connectivity index (χ1n) is 4.56. The maximum atomic E-state index is 12.6. The average molecular weight is 244 g/mol. The van der Waals surface area contributed by atoms with Crippen molar-refractivity contribution in [2.24, 2.45) is 0 Å². The molecule has 1 aromatic carbocycles. The minimum Gasteiger partial charge on any atom is -0.465 e. The summed E-state index contributed by atoms with van der Waals surface area (Å²) in [7, 11) is 1.11. The molecule has 0 atom stereocenters. The van der Waals surface area contributed by atoms with E-state index in [0.29, 0.717) is 5.39 Å². The molecule has 1 aromatic heterocycles. The maximum absolute atomic E-state index is 12.6. The second-order valence-electron chi connectivity index (χ2n) is 3.34. The Bertz CT molecular complexity index is 574. The van der Waals surface area contributed by atoms with Crippen molar-refractivity contribution in [2.45, 2.75) is 6.18 Å². The molecule has 0 unspecified atom stereocenters. The van der Waals surface area contributed by atoms with E-state index in [1.165, 1.54) is 6.20 Å². The number of esters is 1. The molecule has 2 rings (SSSR count). The molecule has 0 radical (unpaired) electrons. The van der Waals surface area contributed by atoms with E-state index in [-0.39, 0.29) is 11.1 Å². The van der Waals surface area contributed by atoms with Gasteiger partial charge in [0.2, 0.25) is 0 Å². The van der Waals surface area contributed by atoms with Crippen LogP contribution in [0.5, 0.6) is 0 Å². The normalized spacial score (nSPS) is 11.8. The number of benzene rings is 1. The number of aromatic nitrogens is 2. The van der Waals surface area contributed by atoms with Crippen molar-refractivity contribution in [3.05, 3.63) is 29.5 Å². The second kappa shape index (κ2) is 3.76. The number of halogens is 3. The SMILES string of the molecule is COC(=O)c1cc(C(F)(F)F)cc2[nH]ncc12. The third-order valence-corrected chi connectivity index (χ3v) is 2.29. The van der Waals surface area contributed by atoms with Crippen molar-refractivity contribution in [1.29, 1.82) is 0 Å². The fourth-order valence-corrected chi connectivity index (χ4v) is 1.49. The molecular weight excluding hydrogens is 237 g/mol. The minimum absolute atomic E-state index is 0.139. The standard InChI is InChI=1S/C10H7F3N2O2/c1-17-9(16)6-2-5(10(11,12)13)3-8-7(6)4-14-15-8/h2-4H,1H3,(H,14,15). The number of hydrogen-bond donors (Lipinski definition) is 1. The van der Waals surface area contributed by atoms with Gasteiger partial charge in [0.15, 0.2) is 0 Å². The van der Waals surface area contributed by atoms with Crippen molar-refractivity contribution < 1.29 is 22.7 Å². The summed E-state index contributed by atoms with van der Waals surface area (Å²) >= 11 is 0. The van der Waals surface area contributed by atoms with Crippen molar-refractivity contribution >= 4 is 16.9 Å². The fourth-order valence-electron chi connectivity index (χ4n) is 1.49. The third kappa shape index (κ3) is 1.95. The van der Waals surface area contributed by atoms with Gasteiger partial charge in [-0.2, -0.15) is 18.3 Å². The summed E-state index contributed by atoms with van der Waals surface area (Å²) in [6.45, 7) is 0. The number of carbonyl (C=O) groups is 1. The van der Waals surface area contributed by atoms with E-state index in [1.54, 1.807) is 0 Å². The topological polar surface area (TPSA) is 55.0 Å². The lowest BCUT2D eigenvalue weighted by Crippen LogP contribution is -2.09. The molecule has 0 saturated heterocycles. The van der Waals surface area contributed by atoms with E-state index in [4.69, 9.17) is 0 Å². The predicted molar refractivity (Wildman–Crippen MR) is 52.4 cm³/mol. The molecule has 2 aromatic rings. The first-order chi connectivity index (χ1) is 7.93. The summed E-state index contributed by atoms with van der Waals surface area (Å²) in [5, 5.41) is 6.29. The Kier molecular flexibility index (Phi) is 2.53. The first-order valence-corrected chi connectivity index (χ1v) is 4.56. The Balaban J connectivity index is 2.71. The summed E-state index contributed by atoms with van der Waals surface area (Å²) in [5.41, 5.74) is -0.944. The third-order valence-electron chi connectivity index (χ3n) is 2.29. The van der Waals surface area contributed by atoms with E-state index in [0.717, 1.165) is 19.2 Å². The van der Waals surface area contributed by atoms with Gasteiger partial charge >= 0.3 is 12.1 Å². The summed E-state index contributed by atoms with van der Waals surface area (Å²) in [6, 6.07) is 1.65. The fraction of sp³-hybridized carbons (Fsp3) is 0.200. The molecule has 1 N–H and O–H groups in total. The summed E-state index contributed by atoms with van der Waals surface area (Å²) in [5.74, 6) is -0.831. The van der Waals surface area contributed by atoms with Gasteiger partial charge in [0.05, 0.1) is 30.0 Å². The highest BCUT2D eigenvalue weighted by atomic mass is 19.4. The number of alkyl halides is 3. The highest BCUT2D eigenvalue weighted by Gasteiger charge is 2.32. The van der Waals surface area contributed by atoms with Gasteiger partial charge < -0.3 is 4.74 Å². The lowest BCUT2D eigenvalue weighted by molar-refractivity contribution is -0.137. The number of rotatable bonds is 1. The lowest BCUT2D eigenvalue weighted by atomic mass is 10.1. The number of methoxy groups -OCH3 is 1. The van der Waals surface area contributed by atoms with Crippen LogP contribution in [0.25, 0.3) is 10.9 Å². The number of hydrogen-bond acceptors (Lipinski definition) is 3. The quantitative estimate of drug-likeness (QED) is 0.783. The molecule has 0 bridgehead atoms. The number of H-pyrrole nitrogens is 1. The molecule has 4 nitrogen and oxygen atoms in total. The van der Waals surface area contributed by atoms with Crippen LogP contribution < -0.4 is 0 Å². The van der Waals surface area contributed by atoms with Crippen molar-refractivity contribution in [2.75, 3.05) is 7.11 Å². The zero-order valence-corrected chi connectivity index (χ0v) is 8.63. The molecule has 0 aliphatic carbocycles. The van der Waals surface area contributed by atoms with Crippen LogP contribution in [0, 0.1) is 0 Å². The Labute approximate surface area is 93.4 Å². The van der Waals surface area contributed by atoms with E-state index in [9.17, 15) is 18.0 Å². The van der Waals surface area contributed by atoms with Gasteiger partial charge in [0.25, 0.3) is 0 Å². The van der Waals surface area contributed by atoms with E-state index >= 15 is 0 Å². The van der Waals surface area contributed by atoms with Crippen molar-refractivity contribution in [3.63, 3.8) is 0 Å². The summed E-state index contributed by atoms with van der Waals surface area (Å²) < 4.78 is 42.2. The van der Waals surface area contributed by atoms with Crippen LogP contribution in [0.3, 0.4) is 0 Å². The number of aromatic amines is 1. The number of fused-ring (bicyclic) bond motifs is 1. The lowest BCUT2D eigenvalue weighted by Gasteiger charge is -2.08. The second-order valence-corrected chi connectivity index (χ2v) is 3.34. The van der Waals surface area contributed by atoms with E-state index < -0.39 is 17.7 Å². The molecule has 7 heteroatoms. The van der Waals surface area contributed by atoms with Crippen molar-refractivity contribution in [3.8, 4) is 0 Å². The van der Waals surface area contributed by atoms with Gasteiger partial charge in [-0.3, -0.25) is 5.10 Å². The van der Waals surface area contributed by atoms with Gasteiger partial charge in [-0.15, -0.1) is 0 Å². The average Bonchev–Trinajstić information content (AvgIpc) is 2.73. The van der Waals surface area contributed by atoms with E-state index in [2.05, 4.69) is 14.9 Å². The zero-order valence-electron chi connectivity index (χ0n) is 8.63. The molecule has 1 heterocycles. The molecule has 90 valence electrons. The molecular formula is C10H7F3N2O2. The Morgan fingerprint density at radius 1 is 1.41 bits per heavy atom. The van der Waals surface area contributed by atoms with Crippen LogP contribution in [0.15, 0.2) is 18.3 Å². The summed E-state index contributed by atoms with van der Waals surface area (Å²) in [4.78, 5) is 11.4. The van der Waals surface area contributed by atoms with Gasteiger partial charge in [-0.1, -0.05) is 0 Å². The minimum atomic E-state index is -4.53.